The molecular formula is C16H28N2O2. The lowest BCUT2D eigenvalue weighted by molar-refractivity contribution is 0.309. The molecule has 1 aromatic heterocycles. The van der Waals surface area contributed by atoms with Crippen molar-refractivity contribution in [3.63, 3.8) is 0 Å². The molecule has 20 heavy (non-hydrogen) atoms. The summed E-state index contributed by atoms with van der Waals surface area (Å²) in [5, 5.41) is 9.61. The first-order valence-corrected chi connectivity index (χ1v) is 7.69. The minimum absolute atomic E-state index is 0.151. The van der Waals surface area contributed by atoms with E-state index < -0.39 is 0 Å². The molecule has 1 N–H and O–H groups in total. The monoisotopic (exact) mass is 280 g/mol. The lowest BCUT2D eigenvalue weighted by Gasteiger charge is -2.20. The summed E-state index contributed by atoms with van der Waals surface area (Å²) in [6.07, 6.45) is 7.32. The normalized spacial score (nSPS) is 11.2. The van der Waals surface area contributed by atoms with Gasteiger partial charge in [0.05, 0.1) is 6.20 Å². The van der Waals surface area contributed by atoms with E-state index in [1.165, 1.54) is 6.42 Å². The third-order valence-corrected chi connectivity index (χ3v) is 3.53. The summed E-state index contributed by atoms with van der Waals surface area (Å²) in [5.74, 6) is -0.151. The molecule has 1 rings (SSSR count). The van der Waals surface area contributed by atoms with Crippen LogP contribution in [-0.4, -0.2) is 28.2 Å². The molecular weight excluding hydrogens is 252 g/mol. The highest BCUT2D eigenvalue weighted by Gasteiger charge is 2.08. The van der Waals surface area contributed by atoms with Crippen LogP contribution in [0.2, 0.25) is 0 Å². The maximum absolute atomic E-state index is 11.6. The van der Waals surface area contributed by atoms with E-state index in [0.29, 0.717) is 0 Å². The first-order valence-electron chi connectivity index (χ1n) is 7.69. The topological polar surface area (TPSA) is 45.5 Å². The molecule has 0 amide bonds. The van der Waals surface area contributed by atoms with E-state index in [1.54, 1.807) is 12.3 Å². The zero-order chi connectivity index (χ0) is 15.0. The van der Waals surface area contributed by atoms with Gasteiger partial charge in [-0.05, 0) is 26.4 Å². The van der Waals surface area contributed by atoms with Gasteiger partial charge < -0.3 is 14.6 Å². The Morgan fingerprint density at radius 3 is 2.55 bits per heavy atom. The standard InChI is InChI=1S/C16H28N2O2/c1-4-6-8-10-18-13-16(20)15(19)11-14(18)12-17(3)9-7-5-2/h11,13,20H,4-10,12H2,1-3H3. The molecule has 0 saturated carbocycles. The minimum atomic E-state index is -0.282. The van der Waals surface area contributed by atoms with Crippen molar-refractivity contribution in [2.24, 2.45) is 0 Å². The van der Waals surface area contributed by atoms with Gasteiger partial charge in [0.15, 0.2) is 5.75 Å². The summed E-state index contributed by atoms with van der Waals surface area (Å²) >= 11 is 0. The van der Waals surface area contributed by atoms with Crippen molar-refractivity contribution in [3.8, 4) is 5.75 Å². The second-order valence-corrected chi connectivity index (χ2v) is 5.51. The van der Waals surface area contributed by atoms with Crippen molar-refractivity contribution in [1.29, 1.82) is 0 Å². The lowest BCUT2D eigenvalue weighted by Crippen LogP contribution is -2.23. The van der Waals surface area contributed by atoms with E-state index >= 15 is 0 Å². The molecule has 1 heterocycles. The number of aromatic hydroxyl groups is 1. The van der Waals surface area contributed by atoms with Gasteiger partial charge in [0.1, 0.15) is 0 Å². The van der Waals surface area contributed by atoms with E-state index in [2.05, 4.69) is 25.8 Å². The molecule has 0 aliphatic heterocycles. The summed E-state index contributed by atoms with van der Waals surface area (Å²) in [7, 11) is 2.07. The van der Waals surface area contributed by atoms with Crippen LogP contribution in [0.25, 0.3) is 0 Å². The molecule has 114 valence electrons. The minimum Gasteiger partial charge on any atom is -0.503 e. The SMILES string of the molecule is CCCCCn1cc(O)c(=O)cc1CN(C)CCCC. The second kappa shape index (κ2) is 8.80. The third-order valence-electron chi connectivity index (χ3n) is 3.53. The number of hydrogen-bond donors (Lipinski definition) is 1. The summed E-state index contributed by atoms with van der Waals surface area (Å²) in [6, 6.07) is 1.57. The third kappa shape index (κ3) is 5.37. The predicted octanol–water partition coefficient (Wildman–Crippen LogP) is 2.98. The first-order chi connectivity index (χ1) is 9.58. The Morgan fingerprint density at radius 2 is 1.90 bits per heavy atom. The highest BCUT2D eigenvalue weighted by atomic mass is 16.3. The average Bonchev–Trinajstić information content (AvgIpc) is 2.42. The zero-order valence-electron chi connectivity index (χ0n) is 13.1. The second-order valence-electron chi connectivity index (χ2n) is 5.51. The highest BCUT2D eigenvalue weighted by molar-refractivity contribution is 5.20. The van der Waals surface area contributed by atoms with Crippen molar-refractivity contribution in [3.05, 3.63) is 28.2 Å². The average molecular weight is 280 g/mol. The molecule has 0 unspecified atom stereocenters. The molecule has 0 spiro atoms. The van der Waals surface area contributed by atoms with Crippen LogP contribution < -0.4 is 5.43 Å². The van der Waals surface area contributed by atoms with Crippen LogP contribution in [0, 0.1) is 0 Å². The molecule has 0 fully saturated rings. The fourth-order valence-electron chi connectivity index (χ4n) is 2.26. The van der Waals surface area contributed by atoms with E-state index in [-0.39, 0.29) is 11.2 Å². The van der Waals surface area contributed by atoms with Gasteiger partial charge in [-0.25, -0.2) is 0 Å². The number of unbranched alkanes of at least 4 members (excludes halogenated alkanes) is 3. The summed E-state index contributed by atoms with van der Waals surface area (Å²) in [4.78, 5) is 13.9. The maximum atomic E-state index is 11.6. The van der Waals surface area contributed by atoms with Gasteiger partial charge in [-0.15, -0.1) is 0 Å². The molecule has 4 nitrogen and oxygen atoms in total. The Labute approximate surface area is 122 Å². The quantitative estimate of drug-likeness (QED) is 0.707. The predicted molar refractivity (Wildman–Crippen MR) is 83.1 cm³/mol. The molecule has 4 heteroatoms. The first kappa shape index (κ1) is 16.8. The van der Waals surface area contributed by atoms with Crippen LogP contribution in [0.1, 0.15) is 51.6 Å². The van der Waals surface area contributed by atoms with Crippen LogP contribution in [0.15, 0.2) is 17.1 Å². The van der Waals surface area contributed by atoms with Gasteiger partial charge in [-0.1, -0.05) is 33.1 Å². The Balaban J connectivity index is 2.80. The van der Waals surface area contributed by atoms with Gasteiger partial charge in [0.2, 0.25) is 5.43 Å². The number of nitrogens with zero attached hydrogens (tertiary/aromatic N) is 2. The van der Waals surface area contributed by atoms with Crippen LogP contribution in [-0.2, 0) is 13.1 Å². The van der Waals surface area contributed by atoms with E-state index in [0.717, 1.165) is 51.0 Å². The Hall–Kier alpha value is -1.29. The number of aryl methyl sites for hydroxylation is 1. The highest BCUT2D eigenvalue weighted by Crippen LogP contribution is 2.10. The van der Waals surface area contributed by atoms with Crippen molar-refractivity contribution in [2.45, 2.75) is 59.0 Å². The fraction of sp³-hybridized carbons (Fsp3) is 0.688. The lowest BCUT2D eigenvalue weighted by atomic mass is 10.2. The maximum Gasteiger partial charge on any atom is 0.223 e. The molecule has 0 bridgehead atoms. The van der Waals surface area contributed by atoms with Crippen LogP contribution >= 0.6 is 0 Å². The van der Waals surface area contributed by atoms with Gasteiger partial charge in [-0.3, -0.25) is 4.79 Å². The summed E-state index contributed by atoms with van der Waals surface area (Å²) in [5.41, 5.74) is 0.707. The smallest absolute Gasteiger partial charge is 0.223 e. The largest absolute Gasteiger partial charge is 0.503 e. The van der Waals surface area contributed by atoms with Crippen molar-refractivity contribution in [1.82, 2.24) is 9.47 Å². The van der Waals surface area contributed by atoms with Crippen LogP contribution in [0.3, 0.4) is 0 Å². The fourth-order valence-corrected chi connectivity index (χ4v) is 2.26. The van der Waals surface area contributed by atoms with Gasteiger partial charge >= 0.3 is 0 Å². The Morgan fingerprint density at radius 1 is 1.20 bits per heavy atom. The number of aromatic nitrogens is 1. The molecule has 1 aromatic rings. The van der Waals surface area contributed by atoms with Gasteiger partial charge in [-0.2, -0.15) is 0 Å². The molecule has 0 aromatic carbocycles. The zero-order valence-corrected chi connectivity index (χ0v) is 13.1. The number of rotatable bonds is 9. The summed E-state index contributed by atoms with van der Waals surface area (Å²) < 4.78 is 2.02. The number of hydrogen-bond acceptors (Lipinski definition) is 3. The van der Waals surface area contributed by atoms with E-state index in [1.807, 2.05) is 4.57 Å². The van der Waals surface area contributed by atoms with Crippen LogP contribution in [0.4, 0.5) is 0 Å². The van der Waals surface area contributed by atoms with Gasteiger partial charge in [0.25, 0.3) is 0 Å². The van der Waals surface area contributed by atoms with Crippen molar-refractivity contribution >= 4 is 0 Å². The van der Waals surface area contributed by atoms with E-state index in [4.69, 9.17) is 0 Å². The van der Waals surface area contributed by atoms with Gasteiger partial charge in [0, 0.05) is 24.8 Å². The molecule has 0 atom stereocenters. The Kier molecular flexibility index (Phi) is 7.37. The number of pyridine rings is 1. The van der Waals surface area contributed by atoms with Crippen molar-refractivity contribution in [2.75, 3.05) is 13.6 Å². The molecule has 0 aliphatic rings. The van der Waals surface area contributed by atoms with Crippen LogP contribution in [0.5, 0.6) is 5.75 Å². The van der Waals surface area contributed by atoms with E-state index in [9.17, 15) is 9.90 Å². The molecule has 0 aliphatic carbocycles. The van der Waals surface area contributed by atoms with Crippen molar-refractivity contribution < 1.29 is 5.11 Å². The Bertz CT molecular complexity index is 454. The molecule has 0 radical (unpaired) electrons. The summed E-state index contributed by atoms with van der Waals surface area (Å²) in [6.45, 7) is 6.98. The molecule has 0 saturated heterocycles.